The molecule has 0 unspecified atom stereocenters. The summed E-state index contributed by atoms with van der Waals surface area (Å²) in [6.45, 7) is 2.03. The van der Waals surface area contributed by atoms with Crippen LogP contribution in [0.25, 0.3) is 6.08 Å². The van der Waals surface area contributed by atoms with E-state index >= 15 is 0 Å². The van der Waals surface area contributed by atoms with E-state index in [9.17, 15) is 4.79 Å². The van der Waals surface area contributed by atoms with Crippen molar-refractivity contribution in [2.24, 2.45) is 0 Å². The minimum atomic E-state index is -0.577. The molecule has 0 spiro atoms. The van der Waals surface area contributed by atoms with E-state index in [1.54, 1.807) is 12.3 Å². The number of anilines is 2. The van der Waals surface area contributed by atoms with Crippen molar-refractivity contribution in [3.8, 4) is 0 Å². The molecule has 5 heteroatoms. The van der Waals surface area contributed by atoms with Gasteiger partial charge >= 0.3 is 0 Å². The summed E-state index contributed by atoms with van der Waals surface area (Å²) in [5, 5.41) is 11.5. The van der Waals surface area contributed by atoms with Gasteiger partial charge in [-0.15, -0.1) is 0 Å². The molecule has 2 rings (SSSR count). The van der Waals surface area contributed by atoms with Crippen LogP contribution >= 0.6 is 0 Å². The van der Waals surface area contributed by atoms with E-state index in [4.69, 9.17) is 5.21 Å². The van der Waals surface area contributed by atoms with Crippen LogP contribution in [0.15, 0.2) is 48.7 Å². The summed E-state index contributed by atoms with van der Waals surface area (Å²) in [6, 6.07) is 11.6. The van der Waals surface area contributed by atoms with Crippen molar-refractivity contribution < 1.29 is 10.0 Å². The van der Waals surface area contributed by atoms with Gasteiger partial charge in [-0.2, -0.15) is 0 Å². The van der Waals surface area contributed by atoms with Crippen molar-refractivity contribution in [2.75, 3.05) is 5.32 Å². The topological polar surface area (TPSA) is 74.2 Å². The molecule has 0 fully saturated rings. The number of carbonyl (C=O) groups excluding carboxylic acids is 1. The predicted molar refractivity (Wildman–Crippen MR) is 77.7 cm³/mol. The number of pyridine rings is 1. The predicted octanol–water partition coefficient (Wildman–Crippen LogP) is 2.65. The van der Waals surface area contributed by atoms with Crippen molar-refractivity contribution in [3.05, 3.63) is 59.8 Å². The van der Waals surface area contributed by atoms with E-state index in [-0.39, 0.29) is 0 Å². The van der Waals surface area contributed by atoms with Crippen molar-refractivity contribution >= 4 is 23.5 Å². The van der Waals surface area contributed by atoms with Crippen LogP contribution in [0, 0.1) is 6.92 Å². The van der Waals surface area contributed by atoms with Gasteiger partial charge in [-0.05, 0) is 42.8 Å². The highest BCUT2D eigenvalue weighted by Gasteiger charge is 1.96. The molecular weight excluding hydrogens is 254 g/mol. The van der Waals surface area contributed by atoms with Gasteiger partial charge in [-0.25, -0.2) is 10.5 Å². The lowest BCUT2D eigenvalue weighted by Gasteiger charge is -2.05. The molecule has 1 amide bonds. The smallest absolute Gasteiger partial charge is 0.267 e. The number of benzene rings is 1. The number of hydrogen-bond acceptors (Lipinski definition) is 4. The Morgan fingerprint density at radius 3 is 2.55 bits per heavy atom. The van der Waals surface area contributed by atoms with E-state index in [1.807, 2.05) is 43.3 Å². The lowest BCUT2D eigenvalue weighted by molar-refractivity contribution is -0.124. The quantitative estimate of drug-likeness (QED) is 0.453. The lowest BCUT2D eigenvalue weighted by atomic mass is 10.2. The fourth-order valence-electron chi connectivity index (χ4n) is 1.57. The second kappa shape index (κ2) is 6.49. The van der Waals surface area contributed by atoms with Crippen LogP contribution in [0.1, 0.15) is 11.1 Å². The van der Waals surface area contributed by atoms with Crippen LogP contribution in [0.2, 0.25) is 0 Å². The summed E-state index contributed by atoms with van der Waals surface area (Å²) < 4.78 is 0. The summed E-state index contributed by atoms with van der Waals surface area (Å²) in [5.41, 5.74) is 4.46. The Morgan fingerprint density at radius 2 is 1.95 bits per heavy atom. The van der Waals surface area contributed by atoms with Crippen LogP contribution < -0.4 is 10.8 Å². The number of aryl methyl sites for hydroxylation is 1. The summed E-state index contributed by atoms with van der Waals surface area (Å²) in [4.78, 5) is 15.1. The number of nitrogens with zero attached hydrogens (tertiary/aromatic N) is 1. The SMILES string of the molecule is Cc1ccc(Nc2ccc(C=CC(=O)NO)cn2)cc1. The van der Waals surface area contributed by atoms with Crippen LogP contribution in [-0.2, 0) is 4.79 Å². The average molecular weight is 269 g/mol. The molecule has 0 aliphatic rings. The van der Waals surface area contributed by atoms with Crippen LogP contribution in [0.3, 0.4) is 0 Å². The number of rotatable bonds is 4. The van der Waals surface area contributed by atoms with Gasteiger partial charge in [-0.3, -0.25) is 10.0 Å². The zero-order chi connectivity index (χ0) is 14.4. The van der Waals surface area contributed by atoms with Gasteiger partial charge in [-0.1, -0.05) is 17.7 Å². The van der Waals surface area contributed by atoms with Crippen molar-refractivity contribution in [1.29, 1.82) is 0 Å². The normalized spacial score (nSPS) is 10.5. The third-order valence-electron chi connectivity index (χ3n) is 2.65. The molecule has 20 heavy (non-hydrogen) atoms. The maximum atomic E-state index is 10.8. The first-order valence-corrected chi connectivity index (χ1v) is 6.09. The van der Waals surface area contributed by atoms with Gasteiger partial charge < -0.3 is 5.32 Å². The Hall–Kier alpha value is -2.66. The highest BCUT2D eigenvalue weighted by Crippen LogP contribution is 2.15. The Labute approximate surface area is 116 Å². The number of hydroxylamine groups is 1. The molecule has 0 radical (unpaired) electrons. The number of carbonyl (C=O) groups is 1. The fourth-order valence-corrected chi connectivity index (χ4v) is 1.57. The molecule has 2 aromatic rings. The van der Waals surface area contributed by atoms with E-state index in [0.29, 0.717) is 0 Å². The fraction of sp³-hybridized carbons (Fsp3) is 0.0667. The maximum absolute atomic E-state index is 10.8. The Balaban J connectivity index is 2.03. The number of amides is 1. The highest BCUT2D eigenvalue weighted by molar-refractivity contribution is 5.90. The van der Waals surface area contributed by atoms with Gasteiger partial charge in [0, 0.05) is 18.0 Å². The van der Waals surface area contributed by atoms with Crippen LogP contribution in [-0.4, -0.2) is 16.1 Å². The van der Waals surface area contributed by atoms with Crippen molar-refractivity contribution in [1.82, 2.24) is 10.5 Å². The molecule has 1 heterocycles. The largest absolute Gasteiger partial charge is 0.340 e. The van der Waals surface area contributed by atoms with Gasteiger partial charge in [0.25, 0.3) is 5.91 Å². The summed E-state index contributed by atoms with van der Waals surface area (Å²) in [6.07, 6.45) is 4.43. The third kappa shape index (κ3) is 3.93. The molecule has 5 nitrogen and oxygen atoms in total. The minimum Gasteiger partial charge on any atom is -0.340 e. The van der Waals surface area contributed by atoms with Crippen molar-refractivity contribution in [2.45, 2.75) is 6.92 Å². The second-order valence-electron chi connectivity index (χ2n) is 4.28. The molecular formula is C15H15N3O2. The molecule has 0 aliphatic carbocycles. The van der Waals surface area contributed by atoms with E-state index in [2.05, 4.69) is 10.3 Å². The first kappa shape index (κ1) is 13.8. The first-order chi connectivity index (χ1) is 9.67. The van der Waals surface area contributed by atoms with Gasteiger partial charge in [0.2, 0.25) is 0 Å². The summed E-state index contributed by atoms with van der Waals surface area (Å²) in [5.74, 6) is 0.143. The van der Waals surface area contributed by atoms with Crippen LogP contribution in [0.4, 0.5) is 11.5 Å². The zero-order valence-corrected chi connectivity index (χ0v) is 11.0. The molecule has 0 saturated carbocycles. The molecule has 1 aromatic carbocycles. The Kier molecular flexibility index (Phi) is 4.47. The first-order valence-electron chi connectivity index (χ1n) is 6.09. The number of nitrogens with one attached hydrogen (secondary N) is 2. The van der Waals surface area contributed by atoms with Crippen LogP contribution in [0.5, 0.6) is 0 Å². The van der Waals surface area contributed by atoms with Gasteiger partial charge in [0.15, 0.2) is 0 Å². The molecule has 0 saturated heterocycles. The standard InChI is InChI=1S/C15H15N3O2/c1-11-2-6-13(7-3-11)17-14-8-4-12(10-16-14)5-9-15(19)18-20/h2-10,20H,1H3,(H,16,17)(H,18,19). The Bertz CT molecular complexity index is 604. The molecule has 0 atom stereocenters. The summed E-state index contributed by atoms with van der Waals surface area (Å²) in [7, 11) is 0. The van der Waals surface area contributed by atoms with Gasteiger partial charge in [0.05, 0.1) is 0 Å². The van der Waals surface area contributed by atoms with E-state index in [1.165, 1.54) is 17.1 Å². The van der Waals surface area contributed by atoms with Gasteiger partial charge in [0.1, 0.15) is 5.82 Å². The molecule has 102 valence electrons. The molecule has 1 aromatic heterocycles. The maximum Gasteiger partial charge on any atom is 0.267 e. The average Bonchev–Trinajstić information content (AvgIpc) is 2.48. The van der Waals surface area contributed by atoms with E-state index < -0.39 is 5.91 Å². The lowest BCUT2D eigenvalue weighted by Crippen LogP contribution is -2.14. The Morgan fingerprint density at radius 1 is 1.20 bits per heavy atom. The molecule has 0 bridgehead atoms. The zero-order valence-electron chi connectivity index (χ0n) is 11.0. The monoisotopic (exact) mass is 269 g/mol. The highest BCUT2D eigenvalue weighted by atomic mass is 16.5. The third-order valence-corrected chi connectivity index (χ3v) is 2.65. The minimum absolute atomic E-state index is 0.577. The van der Waals surface area contributed by atoms with Crippen molar-refractivity contribution in [3.63, 3.8) is 0 Å². The summed E-state index contributed by atoms with van der Waals surface area (Å²) >= 11 is 0. The molecule has 0 aliphatic heterocycles. The second-order valence-corrected chi connectivity index (χ2v) is 4.28. The number of hydrogen-bond donors (Lipinski definition) is 3. The number of aromatic nitrogens is 1. The van der Waals surface area contributed by atoms with E-state index in [0.717, 1.165) is 17.1 Å². The molecule has 3 N–H and O–H groups in total.